The summed E-state index contributed by atoms with van der Waals surface area (Å²) in [6, 6.07) is 15.2. The fourth-order valence-corrected chi connectivity index (χ4v) is 3.21. The molecule has 0 aliphatic carbocycles. The number of carbonyl (C=O) groups excluding carboxylic acids is 1. The fraction of sp³-hybridized carbons (Fsp3) is 0.190. The van der Waals surface area contributed by atoms with Gasteiger partial charge in [0.1, 0.15) is 0 Å². The molecular weight excluding hydrogens is 436 g/mol. The number of benzene rings is 2. The van der Waals surface area contributed by atoms with E-state index in [0.29, 0.717) is 40.4 Å². The number of nitrogens with zero attached hydrogens (tertiary/aromatic N) is 3. The van der Waals surface area contributed by atoms with E-state index in [0.717, 1.165) is 5.56 Å². The van der Waals surface area contributed by atoms with Gasteiger partial charge in [0, 0.05) is 12.3 Å². The summed E-state index contributed by atoms with van der Waals surface area (Å²) in [7, 11) is 0. The third kappa shape index (κ3) is 5.59. The molecule has 29 heavy (non-hydrogen) atoms. The maximum Gasteiger partial charge on any atom is 0.262 e. The minimum absolute atomic E-state index is 0.214. The molecule has 0 saturated carbocycles. The Morgan fingerprint density at radius 2 is 2.07 bits per heavy atom. The first-order valence-electron chi connectivity index (χ1n) is 8.94. The third-order valence-corrected chi connectivity index (χ3v) is 4.48. The smallest absolute Gasteiger partial charge is 0.262 e. The second-order valence-corrected chi connectivity index (χ2v) is 6.93. The lowest BCUT2D eigenvalue weighted by Gasteiger charge is -2.13. The Labute approximate surface area is 177 Å². The molecule has 0 bridgehead atoms. The Balaban J connectivity index is 1.60. The molecule has 0 saturated heterocycles. The van der Waals surface area contributed by atoms with Crippen LogP contribution in [0.4, 0.5) is 5.69 Å². The highest BCUT2D eigenvalue weighted by atomic mass is 79.9. The number of nitrogens with one attached hydrogen (secondary N) is 1. The summed E-state index contributed by atoms with van der Waals surface area (Å²) in [5.74, 6) is 0.450. The molecule has 1 heterocycles. The van der Waals surface area contributed by atoms with Crippen LogP contribution in [-0.4, -0.2) is 28.9 Å². The zero-order chi connectivity index (χ0) is 20.6. The average molecular weight is 455 g/mol. The summed E-state index contributed by atoms with van der Waals surface area (Å²) in [6.07, 6.45) is 3.35. The molecular formula is C21H19BrN4O3. The molecule has 1 N–H and O–H groups in total. The molecule has 0 fully saturated rings. The lowest BCUT2D eigenvalue weighted by molar-refractivity contribution is -0.118. The molecule has 3 aromatic rings. The van der Waals surface area contributed by atoms with Crippen molar-refractivity contribution in [2.45, 2.75) is 13.5 Å². The summed E-state index contributed by atoms with van der Waals surface area (Å²) in [6.45, 7) is 2.64. The Bertz CT molecular complexity index is 1030. The van der Waals surface area contributed by atoms with Crippen molar-refractivity contribution in [3.05, 3.63) is 70.5 Å². The maximum absolute atomic E-state index is 12.3. The van der Waals surface area contributed by atoms with Crippen LogP contribution in [0.25, 0.3) is 0 Å². The first-order chi connectivity index (χ1) is 14.1. The predicted octanol–water partition coefficient (Wildman–Crippen LogP) is 3.98. The molecule has 0 unspecified atom stereocenters. The van der Waals surface area contributed by atoms with Gasteiger partial charge < -0.3 is 14.8 Å². The first kappa shape index (κ1) is 20.4. The number of carbonyl (C=O) groups is 1. The van der Waals surface area contributed by atoms with Gasteiger partial charge >= 0.3 is 0 Å². The van der Waals surface area contributed by atoms with Crippen molar-refractivity contribution in [1.82, 2.24) is 9.78 Å². The van der Waals surface area contributed by atoms with Crippen LogP contribution in [0.2, 0.25) is 0 Å². The van der Waals surface area contributed by atoms with Crippen LogP contribution >= 0.6 is 15.9 Å². The molecule has 0 spiro atoms. The highest BCUT2D eigenvalue weighted by molar-refractivity contribution is 9.10. The van der Waals surface area contributed by atoms with Crippen LogP contribution in [0.15, 0.2) is 59.3 Å². The molecule has 1 amide bonds. The summed E-state index contributed by atoms with van der Waals surface area (Å²) in [5.41, 5.74) is 2.13. The highest BCUT2D eigenvalue weighted by Gasteiger charge is 2.14. The Morgan fingerprint density at radius 1 is 1.28 bits per heavy atom. The van der Waals surface area contributed by atoms with Crippen LogP contribution in [0.5, 0.6) is 11.5 Å². The monoisotopic (exact) mass is 454 g/mol. The van der Waals surface area contributed by atoms with E-state index in [-0.39, 0.29) is 12.5 Å². The number of rotatable bonds is 8. The summed E-state index contributed by atoms with van der Waals surface area (Å²) >= 11 is 3.36. The van der Waals surface area contributed by atoms with Gasteiger partial charge in [0.25, 0.3) is 5.91 Å². The number of ether oxygens (including phenoxy) is 2. The Kier molecular flexibility index (Phi) is 6.87. The largest absolute Gasteiger partial charge is 0.490 e. The number of aromatic nitrogens is 2. The molecule has 7 nitrogen and oxygen atoms in total. The second kappa shape index (κ2) is 9.75. The zero-order valence-electron chi connectivity index (χ0n) is 15.8. The SMILES string of the molecule is CCOc1cc(C#N)cc(Br)c1OCC(=O)Nc1cnn(Cc2ccccc2)c1. The Hall–Kier alpha value is -3.31. The minimum atomic E-state index is -0.331. The topological polar surface area (TPSA) is 89.2 Å². The van der Waals surface area contributed by atoms with E-state index in [1.54, 1.807) is 29.2 Å². The van der Waals surface area contributed by atoms with Gasteiger partial charge in [-0.05, 0) is 34.5 Å². The molecule has 0 aliphatic heterocycles. The van der Waals surface area contributed by atoms with Crippen LogP contribution in [-0.2, 0) is 11.3 Å². The van der Waals surface area contributed by atoms with Crippen molar-refractivity contribution >= 4 is 27.5 Å². The molecule has 1 aromatic heterocycles. The lowest BCUT2D eigenvalue weighted by Crippen LogP contribution is -2.20. The van der Waals surface area contributed by atoms with Gasteiger partial charge in [0.2, 0.25) is 0 Å². The molecule has 148 valence electrons. The van der Waals surface area contributed by atoms with Gasteiger partial charge in [0.05, 0.1) is 41.1 Å². The standard InChI is InChI=1S/C21H19BrN4O3/c1-2-28-19-9-16(10-23)8-18(22)21(19)29-14-20(27)25-17-11-24-26(13-17)12-15-6-4-3-5-7-15/h3-9,11,13H,2,12,14H2,1H3,(H,25,27). The van der Waals surface area contributed by atoms with E-state index in [9.17, 15) is 4.79 Å². The maximum atomic E-state index is 12.3. The predicted molar refractivity (Wildman–Crippen MR) is 112 cm³/mol. The van der Waals surface area contributed by atoms with Crippen molar-refractivity contribution in [3.63, 3.8) is 0 Å². The van der Waals surface area contributed by atoms with E-state index in [1.807, 2.05) is 37.3 Å². The molecule has 8 heteroatoms. The van der Waals surface area contributed by atoms with Crippen LogP contribution in [0.1, 0.15) is 18.1 Å². The zero-order valence-corrected chi connectivity index (χ0v) is 17.3. The van der Waals surface area contributed by atoms with Crippen LogP contribution in [0.3, 0.4) is 0 Å². The number of nitriles is 1. The van der Waals surface area contributed by atoms with Crippen LogP contribution in [0, 0.1) is 11.3 Å². The van der Waals surface area contributed by atoms with Gasteiger partial charge in [-0.25, -0.2) is 0 Å². The van der Waals surface area contributed by atoms with E-state index in [4.69, 9.17) is 14.7 Å². The summed E-state index contributed by atoms with van der Waals surface area (Å²) in [4.78, 5) is 12.3. The van der Waals surface area contributed by atoms with Crippen LogP contribution < -0.4 is 14.8 Å². The van der Waals surface area contributed by atoms with Crippen molar-refractivity contribution in [1.29, 1.82) is 5.26 Å². The van der Waals surface area contributed by atoms with Crippen molar-refractivity contribution < 1.29 is 14.3 Å². The number of amides is 1. The molecule has 0 aliphatic rings. The quantitative estimate of drug-likeness (QED) is 0.555. The van der Waals surface area contributed by atoms with Crippen molar-refractivity contribution in [3.8, 4) is 17.6 Å². The second-order valence-electron chi connectivity index (χ2n) is 6.08. The van der Waals surface area contributed by atoms with Gasteiger partial charge in [-0.1, -0.05) is 30.3 Å². The Morgan fingerprint density at radius 3 is 2.79 bits per heavy atom. The van der Waals surface area contributed by atoms with Gasteiger partial charge in [-0.2, -0.15) is 10.4 Å². The molecule has 3 rings (SSSR count). The third-order valence-electron chi connectivity index (χ3n) is 3.89. The van der Waals surface area contributed by atoms with Crippen molar-refractivity contribution in [2.75, 3.05) is 18.5 Å². The number of hydrogen-bond acceptors (Lipinski definition) is 5. The normalized spacial score (nSPS) is 10.2. The van der Waals surface area contributed by atoms with Gasteiger partial charge in [-0.15, -0.1) is 0 Å². The number of anilines is 1. The van der Waals surface area contributed by atoms with E-state index >= 15 is 0 Å². The molecule has 0 atom stereocenters. The highest BCUT2D eigenvalue weighted by Crippen LogP contribution is 2.36. The van der Waals surface area contributed by atoms with Crippen molar-refractivity contribution in [2.24, 2.45) is 0 Å². The lowest BCUT2D eigenvalue weighted by atomic mass is 10.2. The van der Waals surface area contributed by atoms with E-state index < -0.39 is 0 Å². The number of hydrogen-bond donors (Lipinski definition) is 1. The van der Waals surface area contributed by atoms with E-state index in [2.05, 4.69) is 32.4 Å². The van der Waals surface area contributed by atoms with E-state index in [1.165, 1.54) is 0 Å². The first-order valence-corrected chi connectivity index (χ1v) is 9.73. The van der Waals surface area contributed by atoms with Gasteiger partial charge in [0.15, 0.2) is 18.1 Å². The summed E-state index contributed by atoms with van der Waals surface area (Å²) in [5, 5.41) is 16.1. The average Bonchev–Trinajstić information content (AvgIpc) is 3.14. The summed E-state index contributed by atoms with van der Waals surface area (Å²) < 4.78 is 13.4. The number of halogens is 1. The van der Waals surface area contributed by atoms with Gasteiger partial charge in [-0.3, -0.25) is 9.48 Å². The minimum Gasteiger partial charge on any atom is -0.490 e. The molecule has 0 radical (unpaired) electrons. The molecule has 2 aromatic carbocycles. The fourth-order valence-electron chi connectivity index (χ4n) is 2.66.